The lowest BCUT2D eigenvalue weighted by molar-refractivity contribution is 0.190. The predicted molar refractivity (Wildman–Crippen MR) is 79.8 cm³/mol. The fraction of sp³-hybridized carbons (Fsp3) is 0.429. The van der Waals surface area contributed by atoms with E-state index < -0.39 is 5.76 Å². The lowest BCUT2D eigenvalue weighted by Gasteiger charge is -2.30. The molecular formula is C14H16F2N4OS. The predicted octanol–water partition coefficient (Wildman–Crippen LogP) is 2.63. The Morgan fingerprint density at radius 3 is 2.82 bits per heavy atom. The van der Waals surface area contributed by atoms with Gasteiger partial charge in [-0.1, -0.05) is 16.9 Å². The van der Waals surface area contributed by atoms with E-state index in [0.717, 1.165) is 25.2 Å². The first-order valence-corrected chi connectivity index (χ1v) is 7.81. The molecule has 0 amide bonds. The summed E-state index contributed by atoms with van der Waals surface area (Å²) in [5, 5.41) is 7.35. The van der Waals surface area contributed by atoms with Gasteiger partial charge in [0.25, 0.3) is 11.6 Å². The molecule has 2 heterocycles. The van der Waals surface area contributed by atoms with E-state index in [1.807, 2.05) is 7.05 Å². The van der Waals surface area contributed by atoms with Crippen molar-refractivity contribution in [2.75, 3.05) is 26.7 Å². The van der Waals surface area contributed by atoms with Gasteiger partial charge in [-0.2, -0.15) is 13.8 Å². The Morgan fingerprint density at radius 2 is 2.14 bits per heavy atom. The molecule has 0 bridgehead atoms. The van der Waals surface area contributed by atoms with Gasteiger partial charge in [-0.3, -0.25) is 4.90 Å². The average molecular weight is 326 g/mol. The molecule has 2 aromatic rings. The van der Waals surface area contributed by atoms with Crippen molar-refractivity contribution in [1.29, 1.82) is 0 Å². The first kappa shape index (κ1) is 15.4. The molecule has 8 heteroatoms. The summed E-state index contributed by atoms with van der Waals surface area (Å²) in [6.45, 7) is 2.65. The molecule has 0 aliphatic carbocycles. The Kier molecular flexibility index (Phi) is 4.70. The topological polar surface area (TPSA) is 54.2 Å². The number of alkyl halides is 2. The van der Waals surface area contributed by atoms with E-state index in [9.17, 15) is 8.78 Å². The monoisotopic (exact) mass is 326 g/mol. The third-order valence-electron chi connectivity index (χ3n) is 3.58. The summed E-state index contributed by atoms with van der Waals surface area (Å²) >= 11 is 0.516. The highest BCUT2D eigenvalue weighted by molar-refractivity contribution is 7.99. The van der Waals surface area contributed by atoms with Gasteiger partial charge in [0.1, 0.15) is 0 Å². The Morgan fingerprint density at radius 1 is 1.36 bits per heavy atom. The number of likely N-dealkylation sites (N-methyl/N-ethyl adjacent to an activating group) is 1. The van der Waals surface area contributed by atoms with Gasteiger partial charge in [0.2, 0.25) is 0 Å². The first-order chi connectivity index (χ1) is 10.6. The molecule has 5 nitrogen and oxygen atoms in total. The third kappa shape index (κ3) is 3.45. The van der Waals surface area contributed by atoms with Gasteiger partial charge in [0.05, 0.1) is 6.04 Å². The molecule has 1 aromatic heterocycles. The summed E-state index contributed by atoms with van der Waals surface area (Å²) in [7, 11) is 2.03. The third-order valence-corrected chi connectivity index (χ3v) is 4.30. The van der Waals surface area contributed by atoms with Crippen molar-refractivity contribution in [3.8, 4) is 11.5 Å². The van der Waals surface area contributed by atoms with Gasteiger partial charge >= 0.3 is 0 Å². The number of hydrogen-bond donors (Lipinski definition) is 1. The minimum absolute atomic E-state index is 0.0833. The summed E-state index contributed by atoms with van der Waals surface area (Å²) in [4.78, 5) is 7.11. The van der Waals surface area contributed by atoms with Crippen LogP contribution in [0.4, 0.5) is 8.78 Å². The maximum atomic E-state index is 12.3. The van der Waals surface area contributed by atoms with Gasteiger partial charge < -0.3 is 9.84 Å². The van der Waals surface area contributed by atoms with Gasteiger partial charge in [-0.05, 0) is 31.3 Å². The van der Waals surface area contributed by atoms with E-state index in [1.54, 1.807) is 24.3 Å². The number of rotatable bonds is 4. The molecule has 22 heavy (non-hydrogen) atoms. The smallest absolute Gasteiger partial charge is 0.288 e. The minimum Gasteiger partial charge on any atom is -0.334 e. The van der Waals surface area contributed by atoms with Crippen molar-refractivity contribution >= 4 is 11.8 Å². The van der Waals surface area contributed by atoms with E-state index in [1.165, 1.54) is 0 Å². The molecule has 1 aliphatic rings. The fourth-order valence-electron chi connectivity index (χ4n) is 2.36. The highest BCUT2D eigenvalue weighted by atomic mass is 32.2. The molecule has 3 rings (SSSR count). The largest absolute Gasteiger partial charge is 0.334 e. The molecule has 1 N–H and O–H groups in total. The quantitative estimate of drug-likeness (QED) is 0.872. The zero-order chi connectivity index (χ0) is 15.5. The number of hydrogen-bond acceptors (Lipinski definition) is 6. The second-order valence-electron chi connectivity index (χ2n) is 5.06. The summed E-state index contributed by atoms with van der Waals surface area (Å²) < 4.78 is 29.9. The van der Waals surface area contributed by atoms with Crippen LogP contribution in [0.5, 0.6) is 0 Å². The van der Waals surface area contributed by atoms with Crippen LogP contribution in [0, 0.1) is 0 Å². The summed E-state index contributed by atoms with van der Waals surface area (Å²) in [6, 6.07) is 6.77. The van der Waals surface area contributed by atoms with E-state index in [-0.39, 0.29) is 6.04 Å². The van der Waals surface area contributed by atoms with Crippen LogP contribution < -0.4 is 5.32 Å². The Hall–Kier alpha value is -1.51. The standard InChI is InChI=1S/C14H16F2N4OS/c1-20-7-6-17-8-11(20)12-18-13(21-19-12)9-2-4-10(5-3-9)22-14(15)16/h2-5,11,14,17H,6-8H2,1H3. The number of halogens is 2. The molecule has 1 aromatic carbocycles. The van der Waals surface area contributed by atoms with Gasteiger partial charge in [0, 0.05) is 30.1 Å². The molecule has 1 unspecified atom stereocenters. The van der Waals surface area contributed by atoms with Crippen LogP contribution in [0.25, 0.3) is 11.5 Å². The summed E-state index contributed by atoms with van der Waals surface area (Å²) in [6.07, 6.45) is 0. The zero-order valence-corrected chi connectivity index (χ0v) is 12.8. The maximum Gasteiger partial charge on any atom is 0.288 e. The van der Waals surface area contributed by atoms with E-state index >= 15 is 0 Å². The Balaban J connectivity index is 1.75. The van der Waals surface area contributed by atoms with Crippen molar-refractivity contribution in [3.63, 3.8) is 0 Å². The first-order valence-electron chi connectivity index (χ1n) is 6.93. The molecule has 0 spiro atoms. The lowest BCUT2D eigenvalue weighted by atomic mass is 10.2. The number of aromatic nitrogens is 2. The molecule has 1 atom stereocenters. The highest BCUT2D eigenvalue weighted by Crippen LogP contribution is 2.28. The number of piperazine rings is 1. The number of nitrogens with one attached hydrogen (secondary N) is 1. The minimum atomic E-state index is -2.42. The average Bonchev–Trinajstić information content (AvgIpc) is 2.97. The van der Waals surface area contributed by atoms with Crippen LogP contribution in [-0.4, -0.2) is 47.5 Å². The second-order valence-corrected chi connectivity index (χ2v) is 6.12. The molecule has 0 saturated carbocycles. The summed E-state index contributed by atoms with van der Waals surface area (Å²) in [5.74, 6) is -1.38. The second kappa shape index (κ2) is 6.72. The summed E-state index contributed by atoms with van der Waals surface area (Å²) in [5.41, 5.74) is 0.726. The van der Waals surface area contributed by atoms with E-state index in [2.05, 4.69) is 20.4 Å². The highest BCUT2D eigenvalue weighted by Gasteiger charge is 2.25. The van der Waals surface area contributed by atoms with Crippen LogP contribution >= 0.6 is 11.8 Å². The molecule has 1 fully saturated rings. The SMILES string of the molecule is CN1CCNCC1c1noc(-c2ccc(SC(F)F)cc2)n1. The molecule has 1 aliphatic heterocycles. The molecule has 118 valence electrons. The van der Waals surface area contributed by atoms with Crippen LogP contribution in [0.15, 0.2) is 33.7 Å². The molecule has 1 saturated heterocycles. The normalized spacial score (nSPS) is 19.7. The van der Waals surface area contributed by atoms with Crippen LogP contribution in [0.1, 0.15) is 11.9 Å². The van der Waals surface area contributed by atoms with Gasteiger partial charge in [-0.25, -0.2) is 0 Å². The van der Waals surface area contributed by atoms with Crippen molar-refractivity contribution in [2.45, 2.75) is 16.7 Å². The Labute approximate surface area is 131 Å². The van der Waals surface area contributed by atoms with Crippen LogP contribution in [-0.2, 0) is 0 Å². The number of nitrogens with zero attached hydrogens (tertiary/aromatic N) is 3. The molecule has 0 radical (unpaired) electrons. The van der Waals surface area contributed by atoms with Crippen molar-refractivity contribution in [2.24, 2.45) is 0 Å². The molecular weight excluding hydrogens is 310 g/mol. The van der Waals surface area contributed by atoms with Gasteiger partial charge in [0.15, 0.2) is 5.82 Å². The maximum absolute atomic E-state index is 12.3. The fourth-order valence-corrected chi connectivity index (χ4v) is 2.86. The zero-order valence-electron chi connectivity index (χ0n) is 12.0. The number of benzene rings is 1. The van der Waals surface area contributed by atoms with E-state index in [0.29, 0.717) is 28.4 Å². The number of thioether (sulfide) groups is 1. The van der Waals surface area contributed by atoms with Crippen molar-refractivity contribution in [1.82, 2.24) is 20.4 Å². The Bertz CT molecular complexity index is 620. The van der Waals surface area contributed by atoms with Crippen LogP contribution in [0.3, 0.4) is 0 Å². The van der Waals surface area contributed by atoms with Crippen molar-refractivity contribution < 1.29 is 13.3 Å². The lowest BCUT2D eigenvalue weighted by Crippen LogP contribution is -2.44. The van der Waals surface area contributed by atoms with E-state index in [4.69, 9.17) is 4.52 Å². The van der Waals surface area contributed by atoms with Crippen molar-refractivity contribution in [3.05, 3.63) is 30.1 Å². The van der Waals surface area contributed by atoms with Gasteiger partial charge in [-0.15, -0.1) is 0 Å². The van der Waals surface area contributed by atoms with Crippen LogP contribution in [0.2, 0.25) is 0 Å².